The van der Waals surface area contributed by atoms with Crippen LogP contribution in [0.2, 0.25) is 0 Å². The van der Waals surface area contributed by atoms with E-state index in [-0.39, 0.29) is 0 Å². The number of anilines is 1. The van der Waals surface area contributed by atoms with Gasteiger partial charge in [-0.05, 0) is 29.3 Å². The molecule has 0 atom stereocenters. The van der Waals surface area contributed by atoms with E-state index in [9.17, 15) is 0 Å². The molecule has 2 radical (unpaired) electrons. The van der Waals surface area contributed by atoms with E-state index in [0.29, 0.717) is 0 Å². The van der Waals surface area contributed by atoms with Crippen LogP contribution in [0.3, 0.4) is 0 Å². The quantitative estimate of drug-likeness (QED) is 0.391. The molecule has 0 amide bonds. The van der Waals surface area contributed by atoms with Crippen molar-refractivity contribution >= 4 is 22.2 Å². The van der Waals surface area contributed by atoms with Crippen LogP contribution in [0.5, 0.6) is 0 Å². The first-order chi connectivity index (χ1) is 13.3. The Balaban J connectivity index is 2.07. The Bertz CT molecular complexity index is 1030. The van der Waals surface area contributed by atoms with E-state index in [1.165, 1.54) is 39.1 Å². The summed E-state index contributed by atoms with van der Waals surface area (Å²) in [5, 5.41) is 0. The van der Waals surface area contributed by atoms with Crippen LogP contribution in [0.1, 0.15) is 0 Å². The van der Waals surface area contributed by atoms with E-state index < -0.39 is 0 Å². The van der Waals surface area contributed by atoms with Gasteiger partial charge in [-0.15, -0.1) is 0 Å². The van der Waals surface area contributed by atoms with Gasteiger partial charge in [0.25, 0.3) is 0 Å². The van der Waals surface area contributed by atoms with Gasteiger partial charge in [0.2, 0.25) is 0 Å². The molecule has 1 nitrogen and oxygen atoms in total. The number of nitrogens with zero attached hydrogens (tertiary/aromatic N) is 1. The molecule has 0 aliphatic rings. The number of hydrogen-bond acceptors (Lipinski definition) is 1. The summed E-state index contributed by atoms with van der Waals surface area (Å²) in [6.45, 7) is 0. The van der Waals surface area contributed by atoms with Gasteiger partial charge in [-0.1, -0.05) is 103 Å². The van der Waals surface area contributed by atoms with Crippen molar-refractivity contribution in [2.75, 3.05) is 10.9 Å². The minimum Gasteiger partial charge on any atom is -0.480 e. The van der Waals surface area contributed by atoms with E-state index in [2.05, 4.69) is 131 Å². The summed E-state index contributed by atoms with van der Waals surface area (Å²) in [6.07, 6.45) is 0. The fourth-order valence-electron chi connectivity index (χ4n) is 3.56. The van der Waals surface area contributed by atoms with Crippen LogP contribution < -0.4 is 3.88 Å². The first kappa shape index (κ1) is 17.6. The number of benzene rings is 4. The Kier molecular flexibility index (Phi) is 5.12. The molecule has 128 valence electrons. The summed E-state index contributed by atoms with van der Waals surface area (Å²) in [6, 6.07) is 36.3. The molecule has 4 rings (SSSR count). The van der Waals surface area contributed by atoms with E-state index in [1.54, 1.807) is 0 Å². The van der Waals surface area contributed by atoms with Gasteiger partial charge in [-0.2, -0.15) is 0 Å². The molecular weight excluding hydrogens is 341 g/mol. The molecule has 0 spiro atoms. The Morgan fingerprint density at radius 3 is 1.41 bits per heavy atom. The van der Waals surface area contributed by atoms with Crippen molar-refractivity contribution in [2.24, 2.45) is 0 Å². The van der Waals surface area contributed by atoms with Crippen molar-refractivity contribution in [3.05, 3.63) is 103 Å². The van der Waals surface area contributed by atoms with Crippen LogP contribution in [0.4, 0.5) is 5.69 Å². The molecule has 0 heterocycles. The summed E-state index contributed by atoms with van der Waals surface area (Å²) in [5.74, 6) is 0. The van der Waals surface area contributed by atoms with Crippen LogP contribution in [0.25, 0.3) is 33.4 Å². The highest BCUT2D eigenvalue weighted by molar-refractivity contribution is 6.21. The second kappa shape index (κ2) is 7.84. The van der Waals surface area contributed by atoms with Crippen molar-refractivity contribution in [1.82, 2.24) is 0 Å². The van der Waals surface area contributed by atoms with Crippen LogP contribution in [-0.2, 0) is 0 Å². The fourth-order valence-corrected chi connectivity index (χ4v) is 3.83. The monoisotopic (exact) mass is 361 g/mol. The lowest BCUT2D eigenvalue weighted by atomic mass is 9.89. The third kappa shape index (κ3) is 3.55. The van der Waals surface area contributed by atoms with Crippen molar-refractivity contribution in [3.63, 3.8) is 0 Å². The SMILES string of the molecule is C[N]([Al])c1c(-c2ccccc2)ccc(-c2ccccc2)c1-c1ccccc1. The molecule has 0 bridgehead atoms. The van der Waals surface area contributed by atoms with E-state index in [4.69, 9.17) is 0 Å². The van der Waals surface area contributed by atoms with Gasteiger partial charge in [0.15, 0.2) is 0 Å². The summed E-state index contributed by atoms with van der Waals surface area (Å²) >= 11 is 2.84. The Labute approximate surface area is 169 Å². The van der Waals surface area contributed by atoms with Gasteiger partial charge >= 0.3 is 16.5 Å². The van der Waals surface area contributed by atoms with Gasteiger partial charge in [0.1, 0.15) is 0 Å². The molecule has 4 aromatic rings. The Hall–Kier alpha value is -2.79. The molecule has 0 aliphatic carbocycles. The zero-order chi connectivity index (χ0) is 18.6. The molecule has 0 saturated carbocycles. The highest BCUT2D eigenvalue weighted by Crippen LogP contribution is 2.44. The lowest BCUT2D eigenvalue weighted by molar-refractivity contribution is 1.34. The average molecular weight is 361 g/mol. The van der Waals surface area contributed by atoms with Gasteiger partial charge in [-0.3, -0.25) is 0 Å². The van der Waals surface area contributed by atoms with Gasteiger partial charge in [-0.25, -0.2) is 0 Å². The number of hydrogen-bond donors (Lipinski definition) is 0. The summed E-state index contributed by atoms with van der Waals surface area (Å²) in [5.41, 5.74) is 8.60. The Morgan fingerprint density at radius 1 is 0.519 bits per heavy atom. The van der Waals surface area contributed by atoms with Crippen LogP contribution in [0, 0.1) is 0 Å². The van der Waals surface area contributed by atoms with Crippen LogP contribution in [-0.4, -0.2) is 23.6 Å². The zero-order valence-electron chi connectivity index (χ0n) is 15.3. The number of rotatable bonds is 4. The highest BCUT2D eigenvalue weighted by Gasteiger charge is 2.18. The molecule has 0 aliphatic heterocycles. The van der Waals surface area contributed by atoms with Crippen molar-refractivity contribution in [2.45, 2.75) is 0 Å². The molecule has 4 aromatic carbocycles. The van der Waals surface area contributed by atoms with Crippen molar-refractivity contribution < 1.29 is 0 Å². The topological polar surface area (TPSA) is 3.24 Å². The lowest BCUT2D eigenvalue weighted by Gasteiger charge is -2.26. The fraction of sp³-hybridized carbons (Fsp3) is 0.0400. The van der Waals surface area contributed by atoms with Crippen LogP contribution in [0.15, 0.2) is 103 Å². The normalized spacial score (nSPS) is 10.6. The molecule has 0 N–H and O–H groups in total. The third-order valence-corrected chi connectivity index (χ3v) is 5.02. The minimum absolute atomic E-state index is 1.21. The summed E-state index contributed by atoms with van der Waals surface area (Å²) in [4.78, 5) is 0. The van der Waals surface area contributed by atoms with Crippen molar-refractivity contribution in [1.29, 1.82) is 0 Å². The largest absolute Gasteiger partial charge is 0.480 e. The average Bonchev–Trinajstić information content (AvgIpc) is 2.74. The molecule has 0 saturated heterocycles. The van der Waals surface area contributed by atoms with E-state index >= 15 is 0 Å². The molecule has 0 unspecified atom stereocenters. The molecule has 2 heteroatoms. The molecule has 0 aromatic heterocycles. The maximum absolute atomic E-state index is 2.84. The van der Waals surface area contributed by atoms with Gasteiger partial charge < -0.3 is 3.88 Å². The van der Waals surface area contributed by atoms with Gasteiger partial charge in [0, 0.05) is 16.8 Å². The maximum Gasteiger partial charge on any atom is 0.309 e. The minimum atomic E-state index is 1.21. The maximum atomic E-state index is 2.84. The Morgan fingerprint density at radius 2 is 0.926 bits per heavy atom. The second-order valence-electron chi connectivity index (χ2n) is 6.59. The van der Waals surface area contributed by atoms with Gasteiger partial charge in [0.05, 0.1) is 0 Å². The smallest absolute Gasteiger partial charge is 0.309 e. The predicted octanol–water partition coefficient (Wildman–Crippen LogP) is 6.21. The first-order valence-corrected chi connectivity index (χ1v) is 9.59. The predicted molar refractivity (Wildman–Crippen MR) is 117 cm³/mol. The van der Waals surface area contributed by atoms with Crippen molar-refractivity contribution in [3.8, 4) is 33.4 Å². The van der Waals surface area contributed by atoms with Crippen LogP contribution >= 0.6 is 0 Å². The molecule has 0 fully saturated rings. The second-order valence-corrected chi connectivity index (χ2v) is 7.37. The third-order valence-electron chi connectivity index (χ3n) is 4.76. The van der Waals surface area contributed by atoms with E-state index in [1.807, 2.05) is 0 Å². The molecular formula is C25H20AlN. The van der Waals surface area contributed by atoms with E-state index in [0.717, 1.165) is 0 Å². The summed E-state index contributed by atoms with van der Waals surface area (Å²) < 4.78 is 2.15. The first-order valence-electron chi connectivity index (χ1n) is 9.07. The molecule has 27 heavy (non-hydrogen) atoms. The highest BCUT2D eigenvalue weighted by atomic mass is 27.1. The standard InChI is InChI=1S/C25H20N.Al/c1-26-25-23(20-13-7-3-8-14-20)18-17-22(19-11-5-2-6-12-19)24(25)21-15-9-4-10-16-21;/h2-18H,1H3;/q-1;+1. The summed E-state index contributed by atoms with van der Waals surface area (Å²) in [7, 11) is 2.09. The lowest BCUT2D eigenvalue weighted by Crippen LogP contribution is -2.14. The zero-order valence-corrected chi connectivity index (χ0v) is 16.5.